The lowest BCUT2D eigenvalue weighted by Gasteiger charge is -2.22. The van der Waals surface area contributed by atoms with E-state index in [1.165, 1.54) is 16.4 Å². The molecule has 5 heteroatoms. The molecule has 1 atom stereocenters. The van der Waals surface area contributed by atoms with E-state index < -0.39 is 5.72 Å². The standard InChI is InChI=1S/C17H19N2OS2/c1-13-5-2-6-14(11-13)18-12-17(20,15-7-3-9-21-15)19-8-4-10-22-16(18)19/h2-3,5-7,9,11,20H,4,8,10,12H2,1H3/q+1. The molecule has 2 aromatic rings. The highest BCUT2D eigenvalue weighted by Gasteiger charge is 2.53. The molecule has 4 rings (SSSR count). The smallest absolute Gasteiger partial charge is 0.316 e. The van der Waals surface area contributed by atoms with Crippen LogP contribution in [0, 0.1) is 6.92 Å². The maximum atomic E-state index is 11.4. The first kappa shape index (κ1) is 14.3. The fourth-order valence-electron chi connectivity index (χ4n) is 3.21. The SMILES string of the molecule is Cc1cccc(N2CC(O)(c3cccs3)[N+]3=C2SCCC3)c1. The summed E-state index contributed by atoms with van der Waals surface area (Å²) < 4.78 is 2.19. The van der Waals surface area contributed by atoms with E-state index in [0.717, 1.165) is 23.6 Å². The van der Waals surface area contributed by atoms with Gasteiger partial charge in [0.15, 0.2) is 6.54 Å². The van der Waals surface area contributed by atoms with Gasteiger partial charge < -0.3 is 5.11 Å². The summed E-state index contributed by atoms with van der Waals surface area (Å²) in [6.45, 7) is 3.62. The highest BCUT2D eigenvalue weighted by atomic mass is 32.2. The molecular formula is C17H19N2OS2+. The molecule has 3 heterocycles. The van der Waals surface area contributed by atoms with E-state index in [-0.39, 0.29) is 0 Å². The van der Waals surface area contributed by atoms with E-state index in [2.05, 4.69) is 40.7 Å². The number of benzene rings is 1. The number of hydrogen-bond donors (Lipinski definition) is 1. The van der Waals surface area contributed by atoms with Crippen molar-refractivity contribution in [2.75, 3.05) is 23.7 Å². The van der Waals surface area contributed by atoms with Gasteiger partial charge in [-0.1, -0.05) is 18.2 Å². The number of aryl methyl sites for hydroxylation is 1. The van der Waals surface area contributed by atoms with Crippen molar-refractivity contribution in [3.05, 3.63) is 52.2 Å². The van der Waals surface area contributed by atoms with E-state index in [9.17, 15) is 5.11 Å². The topological polar surface area (TPSA) is 26.5 Å². The zero-order valence-corrected chi connectivity index (χ0v) is 14.2. The molecule has 1 unspecified atom stereocenters. The summed E-state index contributed by atoms with van der Waals surface area (Å²) in [5.41, 5.74) is 1.51. The number of nitrogens with zero attached hydrogens (tertiary/aromatic N) is 2. The molecule has 1 N–H and O–H groups in total. The summed E-state index contributed by atoms with van der Waals surface area (Å²) in [6.07, 6.45) is 1.11. The van der Waals surface area contributed by atoms with Crippen LogP contribution in [0.2, 0.25) is 0 Å². The first-order chi connectivity index (χ1) is 10.7. The molecule has 0 fully saturated rings. The molecule has 0 bridgehead atoms. The van der Waals surface area contributed by atoms with Crippen LogP contribution in [0.5, 0.6) is 0 Å². The summed E-state index contributed by atoms with van der Waals surface area (Å²) in [5, 5.41) is 14.6. The first-order valence-electron chi connectivity index (χ1n) is 7.56. The largest absolute Gasteiger partial charge is 0.346 e. The first-order valence-corrected chi connectivity index (χ1v) is 9.43. The molecule has 0 radical (unpaired) electrons. The predicted octanol–water partition coefficient (Wildman–Crippen LogP) is 3.23. The highest BCUT2D eigenvalue weighted by molar-refractivity contribution is 8.13. The summed E-state index contributed by atoms with van der Waals surface area (Å²) in [6, 6.07) is 12.6. The normalized spacial score (nSPS) is 24.7. The van der Waals surface area contributed by atoms with E-state index in [1.54, 1.807) is 11.3 Å². The van der Waals surface area contributed by atoms with E-state index in [0.29, 0.717) is 6.54 Å². The Labute approximate surface area is 138 Å². The Bertz CT molecular complexity index is 726. The van der Waals surface area contributed by atoms with Crippen LogP contribution < -0.4 is 4.90 Å². The number of thioether (sulfide) groups is 1. The van der Waals surface area contributed by atoms with Crippen molar-refractivity contribution in [1.29, 1.82) is 0 Å². The van der Waals surface area contributed by atoms with Crippen LogP contribution in [0.4, 0.5) is 5.69 Å². The minimum absolute atomic E-state index is 0.597. The van der Waals surface area contributed by atoms with E-state index in [4.69, 9.17) is 0 Å². The van der Waals surface area contributed by atoms with Gasteiger partial charge in [-0.3, -0.25) is 0 Å². The van der Waals surface area contributed by atoms with Crippen molar-refractivity contribution in [3.63, 3.8) is 0 Å². The Morgan fingerprint density at radius 2 is 2.18 bits per heavy atom. The minimum atomic E-state index is -0.902. The monoisotopic (exact) mass is 331 g/mol. The molecule has 22 heavy (non-hydrogen) atoms. The minimum Gasteiger partial charge on any atom is -0.346 e. The van der Waals surface area contributed by atoms with Gasteiger partial charge in [0.2, 0.25) is 0 Å². The van der Waals surface area contributed by atoms with Crippen LogP contribution in [-0.4, -0.2) is 33.7 Å². The summed E-state index contributed by atoms with van der Waals surface area (Å²) in [4.78, 5) is 3.30. The van der Waals surface area contributed by atoms with Gasteiger partial charge in [-0.15, -0.1) is 11.3 Å². The van der Waals surface area contributed by atoms with Gasteiger partial charge in [-0.2, -0.15) is 0 Å². The van der Waals surface area contributed by atoms with Gasteiger partial charge in [0.05, 0.1) is 11.4 Å². The van der Waals surface area contributed by atoms with Crippen molar-refractivity contribution in [2.45, 2.75) is 19.1 Å². The number of aliphatic hydroxyl groups is 1. The van der Waals surface area contributed by atoms with Crippen LogP contribution >= 0.6 is 23.1 Å². The van der Waals surface area contributed by atoms with Gasteiger partial charge >= 0.3 is 5.17 Å². The van der Waals surface area contributed by atoms with Gasteiger partial charge in [0, 0.05) is 5.75 Å². The Balaban J connectivity index is 1.81. The molecule has 1 aromatic heterocycles. The molecule has 0 saturated carbocycles. The fraction of sp³-hybridized carbons (Fsp3) is 0.353. The molecule has 0 saturated heterocycles. The fourth-order valence-corrected chi connectivity index (χ4v) is 5.22. The van der Waals surface area contributed by atoms with Crippen molar-refractivity contribution in [1.82, 2.24) is 0 Å². The van der Waals surface area contributed by atoms with Gasteiger partial charge in [0.1, 0.15) is 5.69 Å². The predicted molar refractivity (Wildman–Crippen MR) is 94.0 cm³/mol. The Morgan fingerprint density at radius 3 is 2.95 bits per heavy atom. The number of anilines is 1. The number of hydrogen-bond acceptors (Lipinski definition) is 4. The second-order valence-electron chi connectivity index (χ2n) is 5.86. The molecule has 1 aromatic carbocycles. The van der Waals surface area contributed by atoms with Crippen LogP contribution in [0.3, 0.4) is 0 Å². The molecule has 0 spiro atoms. The lowest BCUT2D eigenvalue weighted by Crippen LogP contribution is -2.40. The van der Waals surface area contributed by atoms with Crippen molar-refractivity contribution < 1.29 is 9.68 Å². The third kappa shape index (κ3) is 2.19. The van der Waals surface area contributed by atoms with Gasteiger partial charge in [0.25, 0.3) is 5.72 Å². The quantitative estimate of drug-likeness (QED) is 0.856. The van der Waals surface area contributed by atoms with Crippen LogP contribution in [0.1, 0.15) is 16.9 Å². The average molecular weight is 331 g/mol. The van der Waals surface area contributed by atoms with Crippen LogP contribution in [0.25, 0.3) is 0 Å². The maximum absolute atomic E-state index is 11.4. The number of β-amino-alcohol motifs (C(OH)–C–C–N with tert-alkyl or cyclic N) is 1. The van der Waals surface area contributed by atoms with E-state index in [1.807, 2.05) is 29.3 Å². The molecule has 114 valence electrons. The second-order valence-corrected chi connectivity index (χ2v) is 7.87. The summed E-state index contributed by atoms with van der Waals surface area (Å²) in [7, 11) is 0. The third-order valence-electron chi connectivity index (χ3n) is 4.27. The van der Waals surface area contributed by atoms with Crippen LogP contribution in [0.15, 0.2) is 41.8 Å². The number of thiophene rings is 1. The zero-order valence-electron chi connectivity index (χ0n) is 12.5. The second kappa shape index (κ2) is 5.41. The number of amidine groups is 1. The maximum Gasteiger partial charge on any atom is 0.316 e. The van der Waals surface area contributed by atoms with Crippen molar-refractivity contribution in [3.8, 4) is 0 Å². The van der Waals surface area contributed by atoms with Crippen molar-refractivity contribution >= 4 is 34.0 Å². The van der Waals surface area contributed by atoms with E-state index >= 15 is 0 Å². The molecule has 2 aliphatic heterocycles. The molecule has 2 aliphatic rings. The Kier molecular flexibility index (Phi) is 3.51. The number of rotatable bonds is 2. The van der Waals surface area contributed by atoms with Crippen LogP contribution in [-0.2, 0) is 5.72 Å². The average Bonchev–Trinajstić information content (AvgIpc) is 3.16. The molecule has 0 aliphatic carbocycles. The molecular weight excluding hydrogens is 312 g/mol. The highest BCUT2D eigenvalue weighted by Crippen LogP contribution is 2.39. The van der Waals surface area contributed by atoms with Gasteiger partial charge in [-0.05, 0) is 54.2 Å². The zero-order chi connectivity index (χ0) is 15.2. The summed E-state index contributed by atoms with van der Waals surface area (Å²) >= 11 is 3.49. The molecule has 3 nitrogen and oxygen atoms in total. The lowest BCUT2D eigenvalue weighted by atomic mass is 10.1. The summed E-state index contributed by atoms with van der Waals surface area (Å²) in [5.74, 6) is 1.12. The van der Waals surface area contributed by atoms with Crippen molar-refractivity contribution in [2.24, 2.45) is 0 Å². The Morgan fingerprint density at radius 1 is 1.27 bits per heavy atom. The van der Waals surface area contributed by atoms with Gasteiger partial charge in [-0.25, -0.2) is 9.48 Å². The Hall–Kier alpha value is -1.30. The molecule has 0 amide bonds. The third-order valence-corrected chi connectivity index (χ3v) is 6.48. The lowest BCUT2D eigenvalue weighted by molar-refractivity contribution is -0.655.